The molecule has 5 heteroatoms. The first kappa shape index (κ1) is 15.7. The summed E-state index contributed by atoms with van der Waals surface area (Å²) in [7, 11) is 0. The summed E-state index contributed by atoms with van der Waals surface area (Å²) in [5, 5.41) is -0.165. The molecule has 0 aromatic rings. The fourth-order valence-corrected chi connectivity index (χ4v) is 6.84. The van der Waals surface area contributed by atoms with Gasteiger partial charge in [0.15, 0.2) is 0 Å². The number of amides is 2. The van der Waals surface area contributed by atoms with Crippen molar-refractivity contribution in [1.29, 1.82) is 0 Å². The van der Waals surface area contributed by atoms with E-state index in [1.54, 1.807) is 0 Å². The molecule has 2 N–H and O–H groups in total. The Balaban J connectivity index is 1.38. The van der Waals surface area contributed by atoms with E-state index in [1.807, 2.05) is 6.08 Å². The van der Waals surface area contributed by atoms with Crippen LogP contribution in [0, 0.1) is 23.2 Å². The Morgan fingerprint density at radius 2 is 1.74 bits per heavy atom. The highest BCUT2D eigenvalue weighted by atomic mass is 32.2. The number of hydrogen-bond acceptors (Lipinski definition) is 4. The van der Waals surface area contributed by atoms with E-state index in [9.17, 15) is 9.59 Å². The minimum atomic E-state index is -0.165. The molecule has 0 radical (unpaired) electrons. The van der Waals surface area contributed by atoms with Crippen LogP contribution < -0.4 is 5.73 Å². The summed E-state index contributed by atoms with van der Waals surface area (Å²) in [6.07, 6.45) is 12.8. The number of rotatable bonds is 5. The van der Waals surface area contributed by atoms with E-state index in [-0.39, 0.29) is 11.1 Å². The molecule has 2 amide bonds. The zero-order valence-electron chi connectivity index (χ0n) is 13.6. The zero-order valence-corrected chi connectivity index (χ0v) is 14.4. The number of carbonyl (C=O) groups is 2. The molecule has 1 saturated heterocycles. The van der Waals surface area contributed by atoms with E-state index in [4.69, 9.17) is 5.73 Å². The summed E-state index contributed by atoms with van der Waals surface area (Å²) in [4.78, 5) is 26.0. The van der Waals surface area contributed by atoms with Gasteiger partial charge in [0.05, 0.1) is 4.91 Å². The summed E-state index contributed by atoms with van der Waals surface area (Å²) in [5.74, 6) is 2.77. The first-order chi connectivity index (χ1) is 11.1. The molecule has 0 atom stereocenters. The van der Waals surface area contributed by atoms with Crippen LogP contribution in [-0.4, -0.2) is 29.1 Å². The molecule has 1 aliphatic heterocycles. The smallest absolute Gasteiger partial charge is 0.293 e. The summed E-state index contributed by atoms with van der Waals surface area (Å²) in [5.41, 5.74) is 6.01. The van der Waals surface area contributed by atoms with Crippen molar-refractivity contribution in [3.05, 3.63) is 11.0 Å². The van der Waals surface area contributed by atoms with Crippen LogP contribution in [0.25, 0.3) is 0 Å². The highest BCUT2D eigenvalue weighted by Crippen LogP contribution is 2.61. The Morgan fingerprint density at radius 1 is 1.13 bits per heavy atom. The second-order valence-corrected chi connectivity index (χ2v) is 9.13. The third kappa shape index (κ3) is 2.86. The number of nitrogens with zero attached hydrogens (tertiary/aromatic N) is 1. The van der Waals surface area contributed by atoms with Crippen LogP contribution >= 0.6 is 11.8 Å². The Hall–Kier alpha value is -0.810. The molecular weight excluding hydrogens is 308 g/mol. The van der Waals surface area contributed by atoms with Gasteiger partial charge in [-0.25, -0.2) is 0 Å². The van der Waals surface area contributed by atoms with Crippen LogP contribution in [0.15, 0.2) is 11.0 Å². The van der Waals surface area contributed by atoms with Crippen LogP contribution in [0.3, 0.4) is 0 Å². The lowest BCUT2D eigenvalue weighted by Gasteiger charge is -2.57. The molecule has 5 rings (SSSR count). The lowest BCUT2D eigenvalue weighted by Crippen LogP contribution is -2.45. The number of hydrogen-bond donors (Lipinski definition) is 1. The molecule has 0 unspecified atom stereocenters. The number of imide groups is 1. The first-order valence-electron chi connectivity index (χ1n) is 9.02. The topological polar surface area (TPSA) is 63.4 Å². The minimum Gasteiger partial charge on any atom is -0.329 e. The Kier molecular flexibility index (Phi) is 4.04. The van der Waals surface area contributed by atoms with Crippen LogP contribution in [0.2, 0.25) is 0 Å². The maximum atomic E-state index is 12.2. The minimum absolute atomic E-state index is 0.143. The third-order valence-electron chi connectivity index (χ3n) is 6.40. The van der Waals surface area contributed by atoms with Gasteiger partial charge in [0, 0.05) is 13.1 Å². The van der Waals surface area contributed by atoms with Gasteiger partial charge in [0.1, 0.15) is 0 Å². The monoisotopic (exact) mass is 334 g/mol. The van der Waals surface area contributed by atoms with Crippen molar-refractivity contribution in [3.63, 3.8) is 0 Å². The Labute approximate surface area is 142 Å². The molecule has 1 heterocycles. The van der Waals surface area contributed by atoms with Crippen molar-refractivity contribution < 1.29 is 9.59 Å². The van der Waals surface area contributed by atoms with Gasteiger partial charge >= 0.3 is 0 Å². The highest BCUT2D eigenvalue weighted by molar-refractivity contribution is 8.18. The molecule has 0 aromatic heterocycles. The summed E-state index contributed by atoms with van der Waals surface area (Å²) in [6.45, 7) is 0.662. The molecule has 4 bridgehead atoms. The Bertz CT molecular complexity index is 522. The molecule has 0 aromatic carbocycles. The molecule has 4 aliphatic carbocycles. The van der Waals surface area contributed by atoms with Gasteiger partial charge in [-0.2, -0.15) is 0 Å². The van der Waals surface area contributed by atoms with Crippen molar-refractivity contribution in [2.24, 2.45) is 28.9 Å². The van der Waals surface area contributed by atoms with Crippen molar-refractivity contribution >= 4 is 22.9 Å². The van der Waals surface area contributed by atoms with Crippen LogP contribution in [-0.2, 0) is 4.79 Å². The van der Waals surface area contributed by atoms with Crippen molar-refractivity contribution in [3.8, 4) is 0 Å². The third-order valence-corrected chi connectivity index (χ3v) is 7.35. The normalized spacial score (nSPS) is 40.7. The average Bonchev–Trinajstić information content (AvgIpc) is 2.74. The standard InChI is InChI=1S/C18H26N2O2S/c19-4-5-20-16(21)15(23-17(20)22)2-1-3-18-9-12-6-13(10-18)8-14(7-12)11-18/h2,12-14H,1,3-11,19H2. The van der Waals surface area contributed by atoms with Gasteiger partial charge in [0.25, 0.3) is 11.1 Å². The molecule has 4 nitrogen and oxygen atoms in total. The maximum absolute atomic E-state index is 12.2. The molecule has 23 heavy (non-hydrogen) atoms. The highest BCUT2D eigenvalue weighted by Gasteiger charge is 2.50. The summed E-state index contributed by atoms with van der Waals surface area (Å²) < 4.78 is 0. The zero-order chi connectivity index (χ0) is 16.0. The van der Waals surface area contributed by atoms with Crippen LogP contribution in [0.4, 0.5) is 4.79 Å². The van der Waals surface area contributed by atoms with E-state index in [2.05, 4.69) is 0 Å². The average molecular weight is 334 g/mol. The SMILES string of the molecule is NCCN1C(=O)SC(=CCCC23CC4CC(CC(C4)C2)C3)C1=O. The molecular formula is C18H26N2O2S. The van der Waals surface area contributed by atoms with Gasteiger partial charge in [-0.1, -0.05) is 6.08 Å². The van der Waals surface area contributed by atoms with E-state index in [0.29, 0.717) is 23.4 Å². The lowest BCUT2D eigenvalue weighted by atomic mass is 9.48. The van der Waals surface area contributed by atoms with Gasteiger partial charge in [0.2, 0.25) is 0 Å². The second kappa shape index (κ2) is 5.92. The fraction of sp³-hybridized carbons (Fsp3) is 0.778. The van der Waals surface area contributed by atoms with E-state index in [1.165, 1.54) is 49.8 Å². The van der Waals surface area contributed by atoms with Crippen molar-refractivity contribution in [1.82, 2.24) is 4.90 Å². The lowest BCUT2D eigenvalue weighted by molar-refractivity contribution is -0.122. The van der Waals surface area contributed by atoms with Crippen molar-refractivity contribution in [2.45, 2.75) is 51.4 Å². The van der Waals surface area contributed by atoms with E-state index in [0.717, 1.165) is 35.9 Å². The first-order valence-corrected chi connectivity index (χ1v) is 9.84. The summed E-state index contributed by atoms with van der Waals surface area (Å²) in [6, 6.07) is 0. The Morgan fingerprint density at radius 3 is 2.30 bits per heavy atom. The number of thioether (sulfide) groups is 1. The second-order valence-electron chi connectivity index (χ2n) is 8.14. The summed E-state index contributed by atoms with van der Waals surface area (Å²) >= 11 is 1.08. The number of nitrogens with two attached hydrogens (primary N) is 1. The number of allylic oxidation sites excluding steroid dienone is 1. The van der Waals surface area contributed by atoms with Crippen LogP contribution in [0.1, 0.15) is 51.4 Å². The fourth-order valence-electron chi connectivity index (χ4n) is 5.97. The van der Waals surface area contributed by atoms with E-state index >= 15 is 0 Å². The predicted octanol–water partition coefficient (Wildman–Crippen LogP) is 3.52. The van der Waals surface area contributed by atoms with Crippen LogP contribution in [0.5, 0.6) is 0 Å². The molecule has 0 spiro atoms. The van der Waals surface area contributed by atoms with Gasteiger partial charge in [-0.05, 0) is 86.3 Å². The quantitative estimate of drug-likeness (QED) is 0.781. The van der Waals surface area contributed by atoms with Crippen molar-refractivity contribution in [2.75, 3.05) is 13.1 Å². The largest absolute Gasteiger partial charge is 0.329 e. The number of carbonyl (C=O) groups excluding carboxylic acids is 2. The van der Waals surface area contributed by atoms with Gasteiger partial charge < -0.3 is 5.73 Å². The molecule has 5 aliphatic rings. The van der Waals surface area contributed by atoms with Gasteiger partial charge in [-0.15, -0.1) is 0 Å². The maximum Gasteiger partial charge on any atom is 0.293 e. The predicted molar refractivity (Wildman–Crippen MR) is 91.7 cm³/mol. The van der Waals surface area contributed by atoms with E-state index < -0.39 is 0 Å². The molecule has 4 saturated carbocycles. The van der Waals surface area contributed by atoms with Gasteiger partial charge in [-0.3, -0.25) is 14.5 Å². The molecule has 126 valence electrons. The molecule has 5 fully saturated rings.